The van der Waals surface area contributed by atoms with Crippen LogP contribution in [0.15, 0.2) is 39.2 Å². The van der Waals surface area contributed by atoms with Gasteiger partial charge >= 0.3 is 12.8 Å². The van der Waals surface area contributed by atoms with Crippen LogP contribution < -0.4 is 5.69 Å². The fourth-order valence-electron chi connectivity index (χ4n) is 4.02. The molecular weight excluding hydrogens is 421 g/mol. The molecule has 0 N–H and O–H groups in total. The lowest BCUT2D eigenvalue weighted by Gasteiger charge is -2.32. The summed E-state index contributed by atoms with van der Waals surface area (Å²) in [5, 5.41) is 7.81. The molecule has 33 heavy (non-hydrogen) atoms. The summed E-state index contributed by atoms with van der Waals surface area (Å²) in [5.41, 5.74) is 3.34. The van der Waals surface area contributed by atoms with Gasteiger partial charge in [-0.1, -0.05) is 19.1 Å². The van der Waals surface area contributed by atoms with Crippen molar-refractivity contribution in [2.45, 2.75) is 72.7 Å². The van der Waals surface area contributed by atoms with E-state index >= 15 is 0 Å². The zero-order chi connectivity index (χ0) is 24.1. The smallest absolute Gasteiger partial charge is 0.476 e. The molecule has 2 aromatic rings. The highest BCUT2D eigenvalue weighted by Gasteiger charge is 2.53. The number of rotatable bonds is 4. The Labute approximate surface area is 194 Å². The molecule has 1 aromatic carbocycles. The van der Waals surface area contributed by atoms with Crippen molar-refractivity contribution >= 4 is 13.0 Å². The number of aliphatic imine (C=N–C) groups is 1. The summed E-state index contributed by atoms with van der Waals surface area (Å²) in [6, 6.07) is 5.71. The van der Waals surface area contributed by atoms with E-state index < -0.39 is 18.3 Å². The van der Waals surface area contributed by atoms with Crippen LogP contribution in [0.2, 0.25) is 0 Å². The fraction of sp³-hybridized carbons (Fsp3) is 0.565. The molecule has 0 saturated carbocycles. The van der Waals surface area contributed by atoms with Crippen molar-refractivity contribution in [2.75, 3.05) is 0 Å². The summed E-state index contributed by atoms with van der Waals surface area (Å²) >= 11 is 0. The van der Waals surface area contributed by atoms with E-state index in [4.69, 9.17) is 19.0 Å². The van der Waals surface area contributed by atoms with E-state index in [1.54, 1.807) is 7.05 Å². The normalized spacial score (nSPS) is 22.0. The summed E-state index contributed by atoms with van der Waals surface area (Å²) in [7, 11) is 1.16. The molecule has 0 aliphatic carbocycles. The van der Waals surface area contributed by atoms with Crippen LogP contribution in [0.5, 0.6) is 0 Å². The molecule has 0 amide bonds. The Bertz CT molecular complexity index is 1180. The Hall–Kier alpha value is -2.72. The van der Waals surface area contributed by atoms with Gasteiger partial charge in [-0.15, -0.1) is 0 Å². The number of allylic oxidation sites excluding steroid dienone is 2. The van der Waals surface area contributed by atoms with Crippen molar-refractivity contribution in [3.63, 3.8) is 0 Å². The number of hydrogen-bond donors (Lipinski definition) is 0. The SMILES string of the molecule is CC1=C(B2OC(C)(C)C(C)(C)O2)CC(C)C(OCc2c(C)cccc2-n2nnn(C)c2=O)=N1. The maximum Gasteiger partial charge on any atom is 0.492 e. The van der Waals surface area contributed by atoms with Crippen LogP contribution >= 0.6 is 0 Å². The Morgan fingerprint density at radius 1 is 1.15 bits per heavy atom. The molecule has 0 radical (unpaired) electrons. The third-order valence-electron chi connectivity index (χ3n) is 6.93. The second-order valence-electron chi connectivity index (χ2n) is 9.91. The highest BCUT2D eigenvalue weighted by atomic mass is 16.7. The summed E-state index contributed by atoms with van der Waals surface area (Å²) in [6.07, 6.45) is 0.742. The maximum atomic E-state index is 12.4. The van der Waals surface area contributed by atoms with Crippen LogP contribution in [0.3, 0.4) is 0 Å². The van der Waals surface area contributed by atoms with Crippen LogP contribution in [-0.4, -0.2) is 44.0 Å². The van der Waals surface area contributed by atoms with Crippen molar-refractivity contribution in [2.24, 2.45) is 18.0 Å². The van der Waals surface area contributed by atoms with E-state index in [2.05, 4.69) is 45.0 Å². The molecule has 0 spiro atoms. The molecule has 2 aliphatic rings. The van der Waals surface area contributed by atoms with Crippen LogP contribution in [0, 0.1) is 12.8 Å². The lowest BCUT2D eigenvalue weighted by Crippen LogP contribution is -2.41. The van der Waals surface area contributed by atoms with Gasteiger partial charge in [0.2, 0.25) is 0 Å². The van der Waals surface area contributed by atoms with Gasteiger partial charge in [0.15, 0.2) is 5.90 Å². The first-order valence-electron chi connectivity index (χ1n) is 11.3. The molecule has 2 aliphatic heterocycles. The van der Waals surface area contributed by atoms with Gasteiger partial charge in [-0.25, -0.2) is 9.79 Å². The summed E-state index contributed by atoms with van der Waals surface area (Å²) in [4.78, 5) is 17.2. The second-order valence-corrected chi connectivity index (χ2v) is 9.91. The van der Waals surface area contributed by atoms with Crippen LogP contribution in [-0.2, 0) is 27.7 Å². The quantitative estimate of drug-likeness (QED) is 0.661. The Balaban J connectivity index is 1.58. The van der Waals surface area contributed by atoms with Gasteiger partial charge in [0.25, 0.3) is 0 Å². The van der Waals surface area contributed by atoms with Gasteiger partial charge in [-0.3, -0.25) is 0 Å². The number of aryl methyl sites for hydroxylation is 2. The highest BCUT2D eigenvalue weighted by molar-refractivity contribution is 6.55. The molecule has 1 atom stereocenters. The first kappa shape index (κ1) is 23.4. The fourth-order valence-corrected chi connectivity index (χ4v) is 4.02. The van der Waals surface area contributed by atoms with Crippen molar-refractivity contribution < 1.29 is 14.0 Å². The largest absolute Gasteiger partial charge is 0.492 e. The highest BCUT2D eigenvalue weighted by Crippen LogP contribution is 2.41. The van der Waals surface area contributed by atoms with E-state index in [1.165, 1.54) is 9.36 Å². The molecule has 0 bridgehead atoms. The number of tetrazole rings is 1. The predicted molar refractivity (Wildman–Crippen MR) is 126 cm³/mol. The average molecular weight is 453 g/mol. The van der Waals surface area contributed by atoms with Crippen LogP contribution in [0.1, 0.15) is 59.1 Å². The van der Waals surface area contributed by atoms with Crippen molar-refractivity contribution in [1.82, 2.24) is 19.8 Å². The molecule has 1 fully saturated rings. The Kier molecular flexibility index (Phi) is 5.86. The van der Waals surface area contributed by atoms with E-state index in [-0.39, 0.29) is 18.2 Å². The maximum absolute atomic E-state index is 12.4. The van der Waals surface area contributed by atoms with Gasteiger partial charge < -0.3 is 14.0 Å². The number of hydrogen-bond acceptors (Lipinski definition) is 7. The minimum absolute atomic E-state index is 0.0643. The predicted octanol–water partition coefficient (Wildman–Crippen LogP) is 3.13. The van der Waals surface area contributed by atoms with E-state index in [0.717, 1.165) is 28.7 Å². The van der Waals surface area contributed by atoms with Crippen molar-refractivity contribution in [3.8, 4) is 5.69 Å². The zero-order valence-electron chi connectivity index (χ0n) is 20.7. The summed E-state index contributed by atoms with van der Waals surface area (Å²) in [5.74, 6) is 0.725. The molecule has 4 rings (SSSR count). The summed E-state index contributed by atoms with van der Waals surface area (Å²) in [6.45, 7) is 14.5. The zero-order valence-corrected chi connectivity index (χ0v) is 20.7. The third-order valence-corrected chi connectivity index (χ3v) is 6.93. The minimum Gasteiger partial charge on any atom is -0.476 e. The van der Waals surface area contributed by atoms with Gasteiger partial charge in [0.05, 0.1) is 16.9 Å². The number of aromatic nitrogens is 4. The lowest BCUT2D eigenvalue weighted by molar-refractivity contribution is 0.00578. The second kappa shape index (κ2) is 8.25. The van der Waals surface area contributed by atoms with E-state index in [0.29, 0.717) is 11.6 Å². The van der Waals surface area contributed by atoms with Gasteiger partial charge in [-0.05, 0) is 75.5 Å². The molecule has 1 unspecified atom stereocenters. The van der Waals surface area contributed by atoms with Crippen molar-refractivity contribution in [1.29, 1.82) is 0 Å². The van der Waals surface area contributed by atoms with Gasteiger partial charge in [-0.2, -0.15) is 9.36 Å². The average Bonchev–Trinajstić information content (AvgIpc) is 3.17. The monoisotopic (exact) mass is 453 g/mol. The summed E-state index contributed by atoms with van der Waals surface area (Å²) < 4.78 is 21.2. The molecule has 9 nitrogen and oxygen atoms in total. The lowest BCUT2D eigenvalue weighted by atomic mass is 9.71. The van der Waals surface area contributed by atoms with E-state index in [9.17, 15) is 4.79 Å². The number of nitrogens with zero attached hydrogens (tertiary/aromatic N) is 5. The Morgan fingerprint density at radius 2 is 1.82 bits per heavy atom. The molecule has 10 heteroatoms. The van der Waals surface area contributed by atoms with Crippen LogP contribution in [0.4, 0.5) is 0 Å². The first-order valence-corrected chi connectivity index (χ1v) is 11.3. The van der Waals surface area contributed by atoms with Crippen molar-refractivity contribution in [3.05, 3.63) is 51.0 Å². The minimum atomic E-state index is -0.408. The third kappa shape index (κ3) is 4.17. The van der Waals surface area contributed by atoms with Gasteiger partial charge in [0.1, 0.15) is 6.61 Å². The molecule has 176 valence electrons. The molecule has 3 heterocycles. The Morgan fingerprint density at radius 3 is 2.42 bits per heavy atom. The van der Waals surface area contributed by atoms with Gasteiger partial charge in [0, 0.05) is 24.2 Å². The molecule has 1 aromatic heterocycles. The number of ether oxygens (including phenoxy) is 1. The first-order chi connectivity index (χ1) is 15.4. The molecule has 1 saturated heterocycles. The van der Waals surface area contributed by atoms with Crippen LogP contribution in [0.25, 0.3) is 5.69 Å². The van der Waals surface area contributed by atoms with E-state index in [1.807, 2.05) is 32.0 Å². The number of benzene rings is 1. The molecular formula is C23H32BN5O4. The standard InChI is InChI=1S/C23H32BN5O4/c1-14-10-9-11-19(29-21(30)28(8)26-27-29)17(14)13-31-20-15(2)12-18(16(3)25-20)24-32-22(4,5)23(6,7)33-24/h9-11,15H,12-13H2,1-8H3. The topological polar surface area (TPSA) is 92.8 Å².